The number of hydrogen-bond acceptors (Lipinski definition) is 3. The minimum Gasteiger partial charge on any atom is -0.488 e. The Morgan fingerprint density at radius 2 is 2.11 bits per heavy atom. The van der Waals surface area contributed by atoms with Gasteiger partial charge in [0.1, 0.15) is 12.4 Å². The first-order valence-electron chi connectivity index (χ1n) is 6.47. The van der Waals surface area contributed by atoms with Crippen LogP contribution in [0.1, 0.15) is 36.5 Å². The van der Waals surface area contributed by atoms with Gasteiger partial charge in [0.05, 0.1) is 6.20 Å². The van der Waals surface area contributed by atoms with Crippen molar-refractivity contribution in [3.8, 4) is 5.75 Å². The summed E-state index contributed by atoms with van der Waals surface area (Å²) in [5.41, 5.74) is 10.0. The van der Waals surface area contributed by atoms with E-state index in [1.54, 1.807) is 4.68 Å². The molecule has 0 saturated heterocycles. The van der Waals surface area contributed by atoms with Crippen molar-refractivity contribution in [2.24, 2.45) is 7.05 Å². The SMILES string of the molecule is Cc1cc(OCc2cnn(C)c2)c(C(C)C)cc1N. The Morgan fingerprint density at radius 3 is 2.68 bits per heavy atom. The predicted molar refractivity (Wildman–Crippen MR) is 77.2 cm³/mol. The average Bonchev–Trinajstić information content (AvgIpc) is 2.76. The lowest BCUT2D eigenvalue weighted by atomic mass is 9.99. The number of nitrogen functional groups attached to an aromatic ring is 1. The van der Waals surface area contributed by atoms with E-state index in [-0.39, 0.29) is 0 Å². The van der Waals surface area contributed by atoms with Crippen molar-refractivity contribution in [3.05, 3.63) is 41.2 Å². The molecule has 0 atom stereocenters. The van der Waals surface area contributed by atoms with Crippen molar-refractivity contribution >= 4 is 5.69 Å². The summed E-state index contributed by atoms with van der Waals surface area (Å²) in [5, 5.41) is 4.13. The van der Waals surface area contributed by atoms with Crippen LogP contribution < -0.4 is 10.5 Å². The Kier molecular flexibility index (Phi) is 3.79. The fourth-order valence-electron chi connectivity index (χ4n) is 2.00. The average molecular weight is 259 g/mol. The van der Waals surface area contributed by atoms with Gasteiger partial charge in [0.2, 0.25) is 0 Å². The summed E-state index contributed by atoms with van der Waals surface area (Å²) < 4.78 is 7.70. The van der Waals surface area contributed by atoms with E-state index in [1.807, 2.05) is 38.5 Å². The maximum atomic E-state index is 5.97. The molecule has 0 radical (unpaired) electrons. The molecule has 2 N–H and O–H groups in total. The van der Waals surface area contributed by atoms with Gasteiger partial charge in [-0.2, -0.15) is 5.10 Å². The normalized spacial score (nSPS) is 11.0. The number of hydrogen-bond donors (Lipinski definition) is 1. The lowest BCUT2D eigenvalue weighted by Crippen LogP contribution is -2.02. The molecule has 0 amide bonds. The molecule has 0 fully saturated rings. The number of aromatic nitrogens is 2. The van der Waals surface area contributed by atoms with Crippen molar-refractivity contribution in [2.45, 2.75) is 33.3 Å². The minimum atomic E-state index is 0.381. The van der Waals surface area contributed by atoms with Crippen LogP contribution in [0.4, 0.5) is 5.69 Å². The summed E-state index contributed by atoms with van der Waals surface area (Å²) in [6.45, 7) is 6.80. The van der Waals surface area contributed by atoms with Crippen molar-refractivity contribution in [1.29, 1.82) is 0 Å². The van der Waals surface area contributed by atoms with E-state index in [0.29, 0.717) is 12.5 Å². The van der Waals surface area contributed by atoms with Gasteiger partial charge in [-0.15, -0.1) is 0 Å². The Labute approximate surface area is 114 Å². The van der Waals surface area contributed by atoms with Gasteiger partial charge in [-0.05, 0) is 36.1 Å². The number of ether oxygens (including phenoxy) is 1. The van der Waals surface area contributed by atoms with Crippen molar-refractivity contribution in [2.75, 3.05) is 5.73 Å². The molecule has 0 aliphatic carbocycles. The standard InChI is InChI=1S/C15H21N3O/c1-10(2)13-6-14(16)11(3)5-15(13)19-9-12-7-17-18(4)8-12/h5-8,10H,9,16H2,1-4H3. The number of benzene rings is 1. The molecule has 1 heterocycles. The van der Waals surface area contributed by atoms with Crippen molar-refractivity contribution in [3.63, 3.8) is 0 Å². The van der Waals surface area contributed by atoms with E-state index >= 15 is 0 Å². The third kappa shape index (κ3) is 3.08. The summed E-state index contributed by atoms with van der Waals surface area (Å²) in [6.07, 6.45) is 3.78. The molecule has 2 rings (SSSR count). The largest absolute Gasteiger partial charge is 0.488 e. The fourth-order valence-corrected chi connectivity index (χ4v) is 2.00. The van der Waals surface area contributed by atoms with Crippen molar-refractivity contribution < 1.29 is 4.74 Å². The van der Waals surface area contributed by atoms with Gasteiger partial charge in [0.15, 0.2) is 0 Å². The van der Waals surface area contributed by atoms with Gasteiger partial charge in [0.25, 0.3) is 0 Å². The molecule has 19 heavy (non-hydrogen) atoms. The van der Waals surface area contributed by atoms with E-state index in [0.717, 1.165) is 28.1 Å². The van der Waals surface area contributed by atoms with Gasteiger partial charge in [-0.1, -0.05) is 13.8 Å². The Hall–Kier alpha value is -1.97. The molecule has 4 nitrogen and oxygen atoms in total. The molecule has 0 unspecified atom stereocenters. The van der Waals surface area contributed by atoms with Gasteiger partial charge in [-0.3, -0.25) is 4.68 Å². The second kappa shape index (κ2) is 5.34. The van der Waals surface area contributed by atoms with Gasteiger partial charge in [0, 0.05) is 24.5 Å². The maximum absolute atomic E-state index is 5.97. The highest BCUT2D eigenvalue weighted by Crippen LogP contribution is 2.31. The van der Waals surface area contributed by atoms with E-state index in [9.17, 15) is 0 Å². The Bertz CT molecular complexity index is 573. The smallest absolute Gasteiger partial charge is 0.123 e. The highest BCUT2D eigenvalue weighted by atomic mass is 16.5. The zero-order chi connectivity index (χ0) is 14.0. The van der Waals surface area contributed by atoms with Crippen LogP contribution in [-0.4, -0.2) is 9.78 Å². The van der Waals surface area contributed by atoms with Gasteiger partial charge in [-0.25, -0.2) is 0 Å². The molecule has 1 aromatic carbocycles. The van der Waals surface area contributed by atoms with Crippen LogP contribution in [0, 0.1) is 6.92 Å². The maximum Gasteiger partial charge on any atom is 0.123 e. The summed E-state index contributed by atoms with van der Waals surface area (Å²) in [5.74, 6) is 1.29. The number of nitrogens with zero attached hydrogens (tertiary/aromatic N) is 2. The zero-order valence-electron chi connectivity index (χ0n) is 12.0. The lowest BCUT2D eigenvalue weighted by molar-refractivity contribution is 0.301. The van der Waals surface area contributed by atoms with Crippen LogP contribution in [-0.2, 0) is 13.7 Å². The highest BCUT2D eigenvalue weighted by Gasteiger charge is 2.11. The first-order chi connectivity index (χ1) is 8.97. The summed E-state index contributed by atoms with van der Waals surface area (Å²) >= 11 is 0. The van der Waals surface area contributed by atoms with E-state index in [4.69, 9.17) is 10.5 Å². The highest BCUT2D eigenvalue weighted by molar-refractivity contribution is 5.55. The van der Waals surface area contributed by atoms with Gasteiger partial charge < -0.3 is 10.5 Å². The molecule has 0 aliphatic rings. The Morgan fingerprint density at radius 1 is 1.37 bits per heavy atom. The first kappa shape index (κ1) is 13.5. The van der Waals surface area contributed by atoms with Crippen LogP contribution >= 0.6 is 0 Å². The quantitative estimate of drug-likeness (QED) is 0.859. The number of nitrogens with two attached hydrogens (primary N) is 1. The van der Waals surface area contributed by atoms with Gasteiger partial charge >= 0.3 is 0 Å². The second-order valence-electron chi connectivity index (χ2n) is 5.21. The third-order valence-electron chi connectivity index (χ3n) is 3.17. The lowest BCUT2D eigenvalue weighted by Gasteiger charge is -2.16. The molecule has 0 saturated carbocycles. The molecule has 2 aromatic rings. The Balaban J connectivity index is 2.21. The number of aryl methyl sites for hydroxylation is 2. The number of anilines is 1. The molecule has 0 bridgehead atoms. The molecule has 1 aromatic heterocycles. The van der Waals surface area contributed by atoms with Crippen LogP contribution in [0.15, 0.2) is 24.5 Å². The molecular weight excluding hydrogens is 238 g/mol. The summed E-state index contributed by atoms with van der Waals surface area (Å²) in [7, 11) is 1.90. The third-order valence-corrected chi connectivity index (χ3v) is 3.17. The van der Waals surface area contributed by atoms with E-state index in [2.05, 4.69) is 18.9 Å². The van der Waals surface area contributed by atoms with Crippen molar-refractivity contribution in [1.82, 2.24) is 9.78 Å². The van der Waals surface area contributed by atoms with Crippen LogP contribution in [0.3, 0.4) is 0 Å². The first-order valence-corrected chi connectivity index (χ1v) is 6.47. The topological polar surface area (TPSA) is 53.1 Å². The minimum absolute atomic E-state index is 0.381. The monoisotopic (exact) mass is 259 g/mol. The predicted octanol–water partition coefficient (Wildman–Crippen LogP) is 3.01. The van der Waals surface area contributed by atoms with Crippen LogP contribution in [0.5, 0.6) is 5.75 Å². The van der Waals surface area contributed by atoms with E-state index < -0.39 is 0 Å². The zero-order valence-corrected chi connectivity index (χ0v) is 12.0. The molecule has 102 valence electrons. The summed E-state index contributed by atoms with van der Waals surface area (Å²) in [4.78, 5) is 0. The van der Waals surface area contributed by atoms with Crippen LogP contribution in [0.25, 0.3) is 0 Å². The molecular formula is C15H21N3O. The van der Waals surface area contributed by atoms with Crippen LogP contribution in [0.2, 0.25) is 0 Å². The second-order valence-corrected chi connectivity index (χ2v) is 5.21. The fraction of sp³-hybridized carbons (Fsp3) is 0.400. The molecule has 0 aliphatic heterocycles. The molecule has 4 heteroatoms. The van der Waals surface area contributed by atoms with E-state index in [1.165, 1.54) is 0 Å². The summed E-state index contributed by atoms with van der Waals surface area (Å²) in [6, 6.07) is 4.03. The number of rotatable bonds is 4. The molecule has 0 spiro atoms.